The highest BCUT2D eigenvalue weighted by molar-refractivity contribution is 6.33. The van der Waals surface area contributed by atoms with Crippen molar-refractivity contribution in [3.8, 4) is 5.75 Å². The molecule has 1 heterocycles. The Kier molecular flexibility index (Phi) is 6.77. The number of rotatable bonds is 7. The number of anilines is 2. The molecule has 0 unspecified atom stereocenters. The van der Waals surface area contributed by atoms with Gasteiger partial charge in [0.2, 0.25) is 0 Å². The van der Waals surface area contributed by atoms with Gasteiger partial charge in [-0.1, -0.05) is 53.6 Å². The first-order chi connectivity index (χ1) is 14.7. The van der Waals surface area contributed by atoms with Gasteiger partial charge in [0.25, 0.3) is 0 Å². The van der Waals surface area contributed by atoms with Crippen molar-refractivity contribution in [2.45, 2.75) is 20.1 Å². The van der Waals surface area contributed by atoms with E-state index in [1.54, 1.807) is 0 Å². The van der Waals surface area contributed by atoms with Crippen molar-refractivity contribution in [3.05, 3.63) is 88.4 Å². The normalized spacial score (nSPS) is 13.9. The number of aryl methyl sites for hydroxylation is 1. The summed E-state index contributed by atoms with van der Waals surface area (Å²) in [5, 5.41) is 4.22. The van der Waals surface area contributed by atoms with Gasteiger partial charge in [-0.2, -0.15) is 0 Å². The second-order valence-corrected chi connectivity index (χ2v) is 7.95. The summed E-state index contributed by atoms with van der Waals surface area (Å²) in [7, 11) is 0. The van der Waals surface area contributed by atoms with Gasteiger partial charge in [0.15, 0.2) is 0 Å². The van der Waals surface area contributed by atoms with Gasteiger partial charge >= 0.3 is 0 Å². The zero-order valence-corrected chi connectivity index (χ0v) is 18.0. The smallest absolute Gasteiger partial charge is 0.120 e. The molecule has 0 aromatic heterocycles. The number of hydrogen-bond donors (Lipinski definition) is 1. The maximum Gasteiger partial charge on any atom is 0.120 e. The third kappa shape index (κ3) is 5.47. The zero-order valence-electron chi connectivity index (χ0n) is 17.2. The lowest BCUT2D eigenvalue weighted by Crippen LogP contribution is -2.36. The molecule has 1 fully saturated rings. The van der Waals surface area contributed by atoms with Crippen LogP contribution in [-0.4, -0.2) is 26.3 Å². The number of hydrogen-bond acceptors (Lipinski definition) is 4. The van der Waals surface area contributed by atoms with E-state index in [1.807, 2.05) is 18.2 Å². The molecular formula is C25H27ClN2O2. The predicted octanol–water partition coefficient (Wildman–Crippen LogP) is 5.68. The Morgan fingerprint density at radius 3 is 2.53 bits per heavy atom. The van der Waals surface area contributed by atoms with Crippen LogP contribution in [0.5, 0.6) is 5.75 Å². The van der Waals surface area contributed by atoms with Gasteiger partial charge in [-0.3, -0.25) is 0 Å². The quantitative estimate of drug-likeness (QED) is 0.531. The molecule has 0 spiro atoms. The summed E-state index contributed by atoms with van der Waals surface area (Å²) in [6, 6.07) is 22.7. The van der Waals surface area contributed by atoms with E-state index < -0.39 is 0 Å². The lowest BCUT2D eigenvalue weighted by molar-refractivity contribution is 0.122. The van der Waals surface area contributed by atoms with Crippen molar-refractivity contribution in [1.29, 1.82) is 0 Å². The van der Waals surface area contributed by atoms with Crippen LogP contribution in [0.4, 0.5) is 11.4 Å². The standard InChI is InChI=1S/C25H27ClN2O2/c1-19-5-7-20(8-6-19)18-30-23-4-2-3-21(15-23)17-27-22-9-10-25(24(26)16-22)28-11-13-29-14-12-28/h2-10,15-16,27H,11-14,17-18H2,1H3. The maximum atomic E-state index is 6.54. The number of halogens is 1. The van der Waals surface area contributed by atoms with E-state index in [0.29, 0.717) is 13.2 Å². The molecule has 0 radical (unpaired) electrons. The molecule has 1 aliphatic heterocycles. The average molecular weight is 423 g/mol. The first-order valence-electron chi connectivity index (χ1n) is 10.3. The molecule has 5 heteroatoms. The third-order valence-electron chi connectivity index (χ3n) is 5.22. The van der Waals surface area contributed by atoms with Crippen LogP contribution >= 0.6 is 11.6 Å². The van der Waals surface area contributed by atoms with E-state index in [-0.39, 0.29) is 0 Å². The van der Waals surface area contributed by atoms with Crippen LogP contribution in [0.2, 0.25) is 5.02 Å². The summed E-state index contributed by atoms with van der Waals surface area (Å²) >= 11 is 6.54. The number of ether oxygens (including phenoxy) is 2. The van der Waals surface area contributed by atoms with Crippen LogP contribution < -0.4 is 15.0 Å². The van der Waals surface area contributed by atoms with Crippen LogP contribution in [0.25, 0.3) is 0 Å². The minimum atomic E-state index is 0.565. The molecule has 4 rings (SSSR count). The van der Waals surface area contributed by atoms with Crippen molar-refractivity contribution in [2.24, 2.45) is 0 Å². The fourth-order valence-corrected chi connectivity index (χ4v) is 3.78. The zero-order chi connectivity index (χ0) is 20.8. The van der Waals surface area contributed by atoms with Gasteiger partial charge in [0, 0.05) is 25.3 Å². The fraction of sp³-hybridized carbons (Fsp3) is 0.280. The molecule has 1 N–H and O–H groups in total. The Bertz CT molecular complexity index is 969. The Balaban J connectivity index is 1.34. The van der Waals surface area contributed by atoms with Gasteiger partial charge in [-0.05, 0) is 48.4 Å². The Labute approximate surface area is 183 Å². The summed E-state index contributed by atoms with van der Waals surface area (Å²) in [4.78, 5) is 2.27. The highest BCUT2D eigenvalue weighted by Crippen LogP contribution is 2.29. The summed E-state index contributed by atoms with van der Waals surface area (Å²) in [5.41, 5.74) is 5.65. The molecule has 3 aromatic rings. The summed E-state index contributed by atoms with van der Waals surface area (Å²) in [6.45, 7) is 6.61. The fourth-order valence-electron chi connectivity index (χ4n) is 3.48. The Morgan fingerprint density at radius 2 is 1.77 bits per heavy atom. The van der Waals surface area contributed by atoms with Crippen LogP contribution in [0.3, 0.4) is 0 Å². The molecule has 0 atom stereocenters. The van der Waals surface area contributed by atoms with Gasteiger partial charge < -0.3 is 19.7 Å². The number of nitrogens with zero attached hydrogens (tertiary/aromatic N) is 1. The van der Waals surface area contributed by atoms with E-state index in [2.05, 4.69) is 65.7 Å². The van der Waals surface area contributed by atoms with E-state index in [9.17, 15) is 0 Å². The van der Waals surface area contributed by atoms with E-state index in [4.69, 9.17) is 21.1 Å². The summed E-state index contributed by atoms with van der Waals surface area (Å²) < 4.78 is 11.4. The second kappa shape index (κ2) is 9.88. The van der Waals surface area contributed by atoms with Gasteiger partial charge in [-0.15, -0.1) is 0 Å². The molecule has 30 heavy (non-hydrogen) atoms. The predicted molar refractivity (Wildman–Crippen MR) is 124 cm³/mol. The van der Waals surface area contributed by atoms with Crippen molar-refractivity contribution in [3.63, 3.8) is 0 Å². The highest BCUT2D eigenvalue weighted by atomic mass is 35.5. The van der Waals surface area contributed by atoms with Crippen molar-refractivity contribution in [2.75, 3.05) is 36.5 Å². The molecule has 0 bridgehead atoms. The molecule has 0 amide bonds. The number of morpholine rings is 1. The first kappa shape index (κ1) is 20.6. The van der Waals surface area contributed by atoms with Gasteiger partial charge in [0.05, 0.1) is 23.9 Å². The summed E-state index contributed by atoms with van der Waals surface area (Å²) in [6.07, 6.45) is 0. The lowest BCUT2D eigenvalue weighted by Gasteiger charge is -2.29. The first-order valence-corrected chi connectivity index (χ1v) is 10.7. The second-order valence-electron chi connectivity index (χ2n) is 7.54. The minimum Gasteiger partial charge on any atom is -0.489 e. The van der Waals surface area contributed by atoms with Gasteiger partial charge in [-0.25, -0.2) is 0 Å². The van der Waals surface area contributed by atoms with Crippen LogP contribution in [0, 0.1) is 6.92 Å². The number of nitrogens with one attached hydrogen (secondary N) is 1. The molecule has 0 aliphatic carbocycles. The van der Waals surface area contributed by atoms with E-state index >= 15 is 0 Å². The minimum absolute atomic E-state index is 0.565. The van der Waals surface area contributed by atoms with Crippen LogP contribution in [0.1, 0.15) is 16.7 Å². The molecule has 3 aromatic carbocycles. The summed E-state index contributed by atoms with van der Waals surface area (Å²) in [5.74, 6) is 0.871. The molecule has 1 saturated heterocycles. The molecule has 1 aliphatic rings. The topological polar surface area (TPSA) is 33.7 Å². The van der Waals surface area contributed by atoms with Crippen LogP contribution in [0.15, 0.2) is 66.7 Å². The molecule has 156 valence electrons. The Morgan fingerprint density at radius 1 is 0.967 bits per heavy atom. The molecule has 4 nitrogen and oxygen atoms in total. The Hall–Kier alpha value is -2.69. The largest absolute Gasteiger partial charge is 0.489 e. The van der Waals surface area contributed by atoms with E-state index in [0.717, 1.165) is 54.0 Å². The number of benzene rings is 3. The maximum absolute atomic E-state index is 6.54. The highest BCUT2D eigenvalue weighted by Gasteiger charge is 2.14. The van der Waals surface area contributed by atoms with Gasteiger partial charge in [0.1, 0.15) is 12.4 Å². The average Bonchev–Trinajstić information content (AvgIpc) is 2.78. The van der Waals surface area contributed by atoms with Crippen molar-refractivity contribution < 1.29 is 9.47 Å². The van der Waals surface area contributed by atoms with E-state index in [1.165, 1.54) is 11.1 Å². The molecule has 0 saturated carbocycles. The molecular weight excluding hydrogens is 396 g/mol. The van der Waals surface area contributed by atoms with Crippen LogP contribution in [-0.2, 0) is 17.9 Å². The lowest BCUT2D eigenvalue weighted by atomic mass is 10.1. The SMILES string of the molecule is Cc1ccc(COc2cccc(CNc3ccc(N4CCOCC4)c(Cl)c3)c2)cc1. The third-order valence-corrected chi connectivity index (χ3v) is 5.52. The monoisotopic (exact) mass is 422 g/mol. The van der Waals surface area contributed by atoms with Crippen molar-refractivity contribution >= 4 is 23.0 Å². The van der Waals surface area contributed by atoms with Crippen molar-refractivity contribution in [1.82, 2.24) is 0 Å².